The van der Waals surface area contributed by atoms with Gasteiger partial charge in [-0.1, -0.05) is 63.3 Å². The number of Topliss-reactive ketones (excluding diaryl/α,β-unsaturated/α-hetero) is 1. The molecule has 1 atom stereocenters. The van der Waals surface area contributed by atoms with Crippen molar-refractivity contribution in [3.8, 4) is 0 Å². The molecule has 2 rings (SSSR count). The third-order valence-electron chi connectivity index (χ3n) is 4.41. The van der Waals surface area contributed by atoms with E-state index in [2.05, 4.69) is 26.3 Å². The van der Waals surface area contributed by atoms with E-state index < -0.39 is 11.3 Å². The molecule has 1 amide bonds. The lowest BCUT2D eigenvalue weighted by atomic mass is 9.73. The summed E-state index contributed by atoms with van der Waals surface area (Å²) in [5.41, 5.74) is 3.65. The predicted molar refractivity (Wildman–Crippen MR) is 94.7 cm³/mol. The van der Waals surface area contributed by atoms with Gasteiger partial charge in [-0.05, 0) is 29.9 Å². The molecular weight excluding hydrogens is 302 g/mol. The summed E-state index contributed by atoms with van der Waals surface area (Å²) >= 11 is 0. The number of allylic oxidation sites excluding steroid dienone is 3. The largest absolute Gasteiger partial charge is 0.293 e. The van der Waals surface area contributed by atoms with Crippen LogP contribution in [0.1, 0.15) is 48.7 Å². The van der Waals surface area contributed by atoms with Crippen molar-refractivity contribution in [3.63, 3.8) is 0 Å². The molecule has 4 heteroatoms. The molecule has 128 valence electrons. The van der Waals surface area contributed by atoms with Gasteiger partial charge in [0.2, 0.25) is 0 Å². The molecule has 0 fully saturated rings. The number of benzene rings is 1. The molecule has 1 N–H and O–H groups in total. The molecule has 0 saturated carbocycles. The van der Waals surface area contributed by atoms with Crippen molar-refractivity contribution in [2.75, 3.05) is 7.11 Å². The first-order valence-electron chi connectivity index (χ1n) is 8.06. The highest BCUT2D eigenvalue weighted by Gasteiger charge is 2.44. The molecule has 0 radical (unpaired) electrons. The van der Waals surface area contributed by atoms with E-state index >= 15 is 0 Å². The highest BCUT2D eigenvalue weighted by molar-refractivity contribution is 6.16. The molecule has 0 bridgehead atoms. The Kier molecular flexibility index (Phi) is 5.09. The molecule has 0 aromatic heterocycles. The SMILES string of the molecule is CONC(=O)C1(C(=O)c2ccc(C(C)(C)C)cc2C)C=CC=CC1. The molecule has 0 saturated heterocycles. The minimum Gasteiger partial charge on any atom is -0.293 e. The van der Waals surface area contributed by atoms with Crippen molar-refractivity contribution in [3.05, 3.63) is 59.2 Å². The van der Waals surface area contributed by atoms with Gasteiger partial charge in [-0.2, -0.15) is 0 Å². The van der Waals surface area contributed by atoms with E-state index in [-0.39, 0.29) is 11.2 Å². The van der Waals surface area contributed by atoms with Crippen LogP contribution in [0.25, 0.3) is 0 Å². The molecule has 4 nitrogen and oxygen atoms in total. The second-order valence-electron chi connectivity index (χ2n) is 7.21. The molecule has 1 unspecified atom stereocenters. The average molecular weight is 327 g/mol. The Hall–Kier alpha value is -2.20. The number of hydroxylamine groups is 1. The normalized spacial score (nSPS) is 20.0. The second kappa shape index (κ2) is 6.73. The predicted octanol–water partition coefficient (Wildman–Crippen LogP) is 3.66. The Bertz CT molecular complexity index is 710. The van der Waals surface area contributed by atoms with Crippen LogP contribution in [0.4, 0.5) is 0 Å². The quantitative estimate of drug-likeness (QED) is 0.522. The Morgan fingerprint density at radius 3 is 2.42 bits per heavy atom. The van der Waals surface area contributed by atoms with E-state index in [0.717, 1.165) is 11.1 Å². The molecule has 1 aliphatic carbocycles. The summed E-state index contributed by atoms with van der Waals surface area (Å²) in [5.74, 6) is -0.662. The lowest BCUT2D eigenvalue weighted by Crippen LogP contribution is -2.45. The minimum atomic E-state index is -1.27. The lowest BCUT2D eigenvalue weighted by molar-refractivity contribution is -0.137. The number of ketones is 1. The summed E-state index contributed by atoms with van der Waals surface area (Å²) in [5, 5.41) is 0. The van der Waals surface area contributed by atoms with E-state index in [9.17, 15) is 9.59 Å². The van der Waals surface area contributed by atoms with E-state index in [1.54, 1.807) is 12.2 Å². The fourth-order valence-electron chi connectivity index (χ4n) is 2.87. The molecular formula is C20H25NO3. The standard InChI is InChI=1S/C20H25NO3/c1-14-13-15(19(2,3)4)9-10-16(14)17(22)20(18(23)21-24-5)11-7-6-8-12-20/h6-11,13H,12H2,1-5H3,(H,21,23). The van der Waals surface area contributed by atoms with E-state index in [0.29, 0.717) is 12.0 Å². The summed E-state index contributed by atoms with van der Waals surface area (Å²) in [6, 6.07) is 5.81. The smallest absolute Gasteiger partial charge is 0.261 e. The van der Waals surface area contributed by atoms with Crippen LogP contribution in [0, 0.1) is 12.3 Å². The topological polar surface area (TPSA) is 55.4 Å². The molecule has 1 aromatic rings. The van der Waals surface area contributed by atoms with Crippen LogP contribution in [0.2, 0.25) is 0 Å². The zero-order chi connectivity index (χ0) is 18.0. The van der Waals surface area contributed by atoms with Crippen molar-refractivity contribution in [1.82, 2.24) is 5.48 Å². The molecule has 0 spiro atoms. The second-order valence-corrected chi connectivity index (χ2v) is 7.21. The summed E-state index contributed by atoms with van der Waals surface area (Å²) < 4.78 is 0. The zero-order valence-electron chi connectivity index (χ0n) is 15.0. The molecule has 24 heavy (non-hydrogen) atoms. The number of nitrogens with one attached hydrogen (secondary N) is 1. The van der Waals surface area contributed by atoms with Gasteiger partial charge in [0.1, 0.15) is 5.41 Å². The third-order valence-corrected chi connectivity index (χ3v) is 4.41. The third kappa shape index (κ3) is 3.34. The zero-order valence-corrected chi connectivity index (χ0v) is 15.0. The van der Waals surface area contributed by atoms with Gasteiger partial charge in [-0.3, -0.25) is 14.4 Å². The summed E-state index contributed by atoms with van der Waals surface area (Å²) in [6.45, 7) is 8.30. The van der Waals surface area contributed by atoms with Gasteiger partial charge in [0, 0.05) is 5.56 Å². The molecule has 1 aromatic carbocycles. The Morgan fingerprint density at radius 2 is 1.92 bits per heavy atom. The van der Waals surface area contributed by atoms with Crippen LogP contribution in [0.5, 0.6) is 0 Å². The van der Waals surface area contributed by atoms with Crippen LogP contribution in [0.3, 0.4) is 0 Å². The number of hydrogen-bond acceptors (Lipinski definition) is 3. The first-order chi connectivity index (χ1) is 11.2. The number of hydrogen-bond donors (Lipinski definition) is 1. The van der Waals surface area contributed by atoms with Gasteiger partial charge >= 0.3 is 0 Å². The fraction of sp³-hybridized carbons (Fsp3) is 0.400. The Balaban J connectivity index is 2.46. The summed E-state index contributed by atoms with van der Waals surface area (Å²) in [7, 11) is 1.36. The molecule has 0 aliphatic heterocycles. The van der Waals surface area contributed by atoms with Crippen LogP contribution in [-0.4, -0.2) is 18.8 Å². The number of carbonyl (C=O) groups excluding carboxylic acids is 2. The maximum absolute atomic E-state index is 13.2. The first-order valence-corrected chi connectivity index (χ1v) is 8.06. The minimum absolute atomic E-state index is 0.00489. The summed E-state index contributed by atoms with van der Waals surface area (Å²) in [6.07, 6.45) is 7.36. The average Bonchev–Trinajstić information content (AvgIpc) is 2.54. The van der Waals surface area contributed by atoms with Gasteiger partial charge in [-0.25, -0.2) is 5.48 Å². The fourth-order valence-corrected chi connectivity index (χ4v) is 2.87. The monoisotopic (exact) mass is 327 g/mol. The van der Waals surface area contributed by atoms with Gasteiger partial charge in [0.25, 0.3) is 5.91 Å². The van der Waals surface area contributed by atoms with E-state index in [1.165, 1.54) is 7.11 Å². The van der Waals surface area contributed by atoms with E-state index in [4.69, 9.17) is 4.84 Å². The first kappa shape index (κ1) is 18.1. The van der Waals surface area contributed by atoms with Crippen molar-refractivity contribution in [1.29, 1.82) is 0 Å². The van der Waals surface area contributed by atoms with E-state index in [1.807, 2.05) is 37.3 Å². The van der Waals surface area contributed by atoms with Crippen molar-refractivity contribution < 1.29 is 14.4 Å². The van der Waals surface area contributed by atoms with Crippen molar-refractivity contribution >= 4 is 11.7 Å². The Labute approximate surface area is 143 Å². The number of rotatable bonds is 4. The maximum Gasteiger partial charge on any atom is 0.261 e. The maximum atomic E-state index is 13.2. The lowest BCUT2D eigenvalue weighted by Gasteiger charge is -2.29. The van der Waals surface area contributed by atoms with Crippen molar-refractivity contribution in [2.45, 2.75) is 39.5 Å². The van der Waals surface area contributed by atoms with Crippen LogP contribution < -0.4 is 5.48 Å². The van der Waals surface area contributed by atoms with Gasteiger partial charge in [0.05, 0.1) is 7.11 Å². The van der Waals surface area contributed by atoms with Crippen LogP contribution in [0.15, 0.2) is 42.5 Å². The molecule has 0 heterocycles. The van der Waals surface area contributed by atoms with Crippen LogP contribution in [-0.2, 0) is 15.0 Å². The van der Waals surface area contributed by atoms with Gasteiger partial charge < -0.3 is 0 Å². The van der Waals surface area contributed by atoms with Gasteiger partial charge in [-0.15, -0.1) is 0 Å². The molecule has 1 aliphatic rings. The summed E-state index contributed by atoms with van der Waals surface area (Å²) in [4.78, 5) is 30.5. The Morgan fingerprint density at radius 1 is 1.21 bits per heavy atom. The number of amides is 1. The van der Waals surface area contributed by atoms with Gasteiger partial charge in [0.15, 0.2) is 5.78 Å². The number of aryl methyl sites for hydroxylation is 1. The van der Waals surface area contributed by atoms with Crippen LogP contribution >= 0.6 is 0 Å². The highest BCUT2D eigenvalue weighted by Crippen LogP contribution is 2.34. The van der Waals surface area contributed by atoms with Crippen molar-refractivity contribution in [2.24, 2.45) is 5.41 Å². The number of carbonyl (C=O) groups is 2. The highest BCUT2D eigenvalue weighted by atomic mass is 16.6.